The first-order valence-corrected chi connectivity index (χ1v) is 11.7. The molecular formula is C26H30N6O3. The van der Waals surface area contributed by atoms with Crippen LogP contribution in [0.4, 0.5) is 5.95 Å². The fourth-order valence-corrected chi connectivity index (χ4v) is 4.59. The molecule has 1 aliphatic heterocycles. The van der Waals surface area contributed by atoms with E-state index in [0.717, 1.165) is 58.0 Å². The molecule has 0 radical (unpaired) electrons. The van der Waals surface area contributed by atoms with Gasteiger partial charge in [0.15, 0.2) is 11.5 Å². The molecular weight excluding hydrogens is 444 g/mol. The molecule has 35 heavy (non-hydrogen) atoms. The van der Waals surface area contributed by atoms with Gasteiger partial charge in [-0.1, -0.05) is 12.6 Å². The van der Waals surface area contributed by atoms with E-state index < -0.39 is 0 Å². The number of methoxy groups -OCH3 is 3. The van der Waals surface area contributed by atoms with Crippen molar-refractivity contribution >= 4 is 22.5 Å². The highest BCUT2D eigenvalue weighted by Crippen LogP contribution is 2.33. The normalized spacial score (nSPS) is 17.9. The summed E-state index contributed by atoms with van der Waals surface area (Å²) in [6.07, 6.45) is 1.98. The predicted octanol–water partition coefficient (Wildman–Crippen LogP) is 4.28. The van der Waals surface area contributed by atoms with E-state index in [0.29, 0.717) is 24.3 Å². The molecule has 0 amide bonds. The first kappa shape index (κ1) is 22.8. The number of ether oxygens (including phenoxy) is 3. The molecule has 4 aromatic rings. The Hall–Kier alpha value is -4.01. The largest absolute Gasteiger partial charge is 0.497 e. The van der Waals surface area contributed by atoms with Crippen LogP contribution in [-0.4, -0.2) is 47.0 Å². The second-order valence-corrected chi connectivity index (χ2v) is 8.73. The number of piperidine rings is 1. The lowest BCUT2D eigenvalue weighted by atomic mass is 9.92. The molecule has 0 aliphatic carbocycles. The first-order valence-electron chi connectivity index (χ1n) is 11.7. The Morgan fingerprint density at radius 3 is 2.63 bits per heavy atom. The highest BCUT2D eigenvalue weighted by molar-refractivity contribution is 5.96. The second kappa shape index (κ2) is 9.32. The molecule has 5 rings (SSSR count). The summed E-state index contributed by atoms with van der Waals surface area (Å²) >= 11 is 0. The van der Waals surface area contributed by atoms with Crippen molar-refractivity contribution in [2.45, 2.75) is 38.3 Å². The summed E-state index contributed by atoms with van der Waals surface area (Å²) in [6.45, 7) is 6.88. The van der Waals surface area contributed by atoms with Gasteiger partial charge in [0.1, 0.15) is 22.8 Å². The lowest BCUT2D eigenvalue weighted by Crippen LogP contribution is -2.33. The summed E-state index contributed by atoms with van der Waals surface area (Å²) in [5.41, 5.74) is 3.36. The minimum Gasteiger partial charge on any atom is -0.497 e. The van der Waals surface area contributed by atoms with Gasteiger partial charge in [0.25, 0.3) is 0 Å². The summed E-state index contributed by atoms with van der Waals surface area (Å²) in [5, 5.41) is 12.6. The number of nitrogens with one attached hydrogen (secondary N) is 2. The molecule has 9 nitrogen and oxygen atoms in total. The Balaban J connectivity index is 1.59. The van der Waals surface area contributed by atoms with Gasteiger partial charge in [-0.05, 0) is 44.0 Å². The van der Waals surface area contributed by atoms with Crippen LogP contribution in [0.3, 0.4) is 0 Å². The van der Waals surface area contributed by atoms with Crippen molar-refractivity contribution < 1.29 is 14.2 Å². The van der Waals surface area contributed by atoms with Crippen molar-refractivity contribution in [2.75, 3.05) is 26.6 Å². The Kier molecular flexibility index (Phi) is 6.07. The van der Waals surface area contributed by atoms with E-state index in [1.54, 1.807) is 25.8 Å². The van der Waals surface area contributed by atoms with Gasteiger partial charge in [-0.25, -0.2) is 9.97 Å². The molecule has 9 heteroatoms. The Bertz CT molecular complexity index is 1400. The van der Waals surface area contributed by atoms with E-state index >= 15 is 0 Å². The molecule has 3 heterocycles. The van der Waals surface area contributed by atoms with Crippen molar-refractivity contribution in [3.63, 3.8) is 0 Å². The van der Waals surface area contributed by atoms with Crippen molar-refractivity contribution in [3.8, 4) is 17.2 Å². The van der Waals surface area contributed by atoms with Crippen LogP contribution in [0.5, 0.6) is 17.2 Å². The number of para-hydroxylation sites is 1. The third kappa shape index (κ3) is 4.18. The topological polar surface area (TPSA) is 94.8 Å². The van der Waals surface area contributed by atoms with E-state index in [4.69, 9.17) is 29.3 Å². The molecule has 2 aromatic carbocycles. The van der Waals surface area contributed by atoms with E-state index in [9.17, 15) is 0 Å². The van der Waals surface area contributed by atoms with Crippen molar-refractivity contribution in [1.29, 1.82) is 0 Å². The van der Waals surface area contributed by atoms with Gasteiger partial charge in [-0.2, -0.15) is 4.52 Å². The number of anilines is 1. The maximum Gasteiger partial charge on any atom is 0.226 e. The van der Waals surface area contributed by atoms with E-state index in [2.05, 4.69) is 24.1 Å². The van der Waals surface area contributed by atoms with Crippen molar-refractivity contribution in [2.24, 2.45) is 0 Å². The highest BCUT2D eigenvalue weighted by Gasteiger charge is 2.27. The maximum atomic E-state index is 5.60. The highest BCUT2D eigenvalue weighted by atomic mass is 16.5. The Morgan fingerprint density at radius 2 is 1.89 bits per heavy atom. The van der Waals surface area contributed by atoms with E-state index in [1.165, 1.54) is 0 Å². The SMILES string of the molecule is C=C1N[C@@H](C)CC[C@H]1c1nc2c3cccc(OC)c3nc(NCc3ccc(OC)cc3OC)n2n1. The van der Waals surface area contributed by atoms with Gasteiger partial charge < -0.3 is 24.8 Å². The summed E-state index contributed by atoms with van der Waals surface area (Å²) in [6, 6.07) is 12.0. The second-order valence-electron chi connectivity index (χ2n) is 8.73. The standard InChI is InChI=1S/C26H30N6O3/c1-15-9-12-19(16(2)28-15)24-30-25-20-7-6-8-21(34-4)23(20)29-26(32(25)31-24)27-14-17-10-11-18(33-3)13-22(17)35-5/h6-8,10-11,13,15,19,28H,2,9,12,14H2,1,3-5H3,(H,27,29)/t15-,19+/m0/s1. The molecule has 2 aromatic heterocycles. The van der Waals surface area contributed by atoms with Crippen molar-refractivity contribution in [3.05, 3.63) is 60.1 Å². The van der Waals surface area contributed by atoms with Crippen LogP contribution >= 0.6 is 0 Å². The van der Waals surface area contributed by atoms with Crippen LogP contribution in [0, 0.1) is 0 Å². The minimum absolute atomic E-state index is 0.0429. The third-order valence-corrected chi connectivity index (χ3v) is 6.49. The fourth-order valence-electron chi connectivity index (χ4n) is 4.59. The van der Waals surface area contributed by atoms with Crippen LogP contribution in [0.2, 0.25) is 0 Å². The number of fused-ring (bicyclic) bond motifs is 3. The molecule has 1 fully saturated rings. The number of hydrogen-bond donors (Lipinski definition) is 2. The Labute approximate surface area is 204 Å². The maximum absolute atomic E-state index is 5.60. The monoisotopic (exact) mass is 474 g/mol. The van der Waals surface area contributed by atoms with Gasteiger partial charge in [0, 0.05) is 35.3 Å². The van der Waals surface area contributed by atoms with Gasteiger partial charge in [0.2, 0.25) is 5.95 Å². The summed E-state index contributed by atoms with van der Waals surface area (Å²) in [4.78, 5) is 9.85. The third-order valence-electron chi connectivity index (χ3n) is 6.49. The average molecular weight is 475 g/mol. The van der Waals surface area contributed by atoms with Crippen LogP contribution in [-0.2, 0) is 6.54 Å². The lowest BCUT2D eigenvalue weighted by Gasteiger charge is -2.28. The predicted molar refractivity (Wildman–Crippen MR) is 135 cm³/mol. The van der Waals surface area contributed by atoms with Gasteiger partial charge >= 0.3 is 0 Å². The quantitative estimate of drug-likeness (QED) is 0.410. The van der Waals surface area contributed by atoms with Crippen molar-refractivity contribution in [1.82, 2.24) is 24.9 Å². The van der Waals surface area contributed by atoms with Gasteiger partial charge in [-0.15, -0.1) is 5.10 Å². The molecule has 1 aliphatic rings. The Morgan fingerprint density at radius 1 is 1.06 bits per heavy atom. The van der Waals surface area contributed by atoms with E-state index in [1.807, 2.05) is 36.4 Å². The van der Waals surface area contributed by atoms with E-state index in [-0.39, 0.29) is 5.92 Å². The fraction of sp³-hybridized carbons (Fsp3) is 0.346. The van der Waals surface area contributed by atoms with Gasteiger partial charge in [0.05, 0.1) is 27.2 Å². The number of allylic oxidation sites excluding steroid dienone is 1. The molecule has 182 valence electrons. The van der Waals surface area contributed by atoms with Crippen LogP contribution < -0.4 is 24.8 Å². The number of benzene rings is 2. The molecule has 0 saturated carbocycles. The number of hydrogen-bond acceptors (Lipinski definition) is 8. The zero-order valence-electron chi connectivity index (χ0n) is 20.5. The van der Waals surface area contributed by atoms with Crippen LogP contribution in [0.15, 0.2) is 48.7 Å². The zero-order chi connectivity index (χ0) is 24.5. The van der Waals surface area contributed by atoms with Crippen LogP contribution in [0.1, 0.15) is 37.1 Å². The number of rotatable bonds is 7. The molecule has 2 atom stereocenters. The van der Waals surface area contributed by atoms with Crippen LogP contribution in [0.25, 0.3) is 16.6 Å². The molecule has 0 bridgehead atoms. The number of aromatic nitrogens is 4. The molecule has 2 N–H and O–H groups in total. The molecule has 0 unspecified atom stereocenters. The average Bonchev–Trinajstić information content (AvgIpc) is 3.32. The summed E-state index contributed by atoms with van der Waals surface area (Å²) in [7, 11) is 4.92. The smallest absolute Gasteiger partial charge is 0.226 e. The van der Waals surface area contributed by atoms with Gasteiger partial charge in [-0.3, -0.25) is 0 Å². The lowest BCUT2D eigenvalue weighted by molar-refractivity contribution is 0.391. The zero-order valence-corrected chi connectivity index (χ0v) is 20.5. The first-order chi connectivity index (χ1) is 17.0. The molecule has 0 spiro atoms. The minimum atomic E-state index is 0.0429. The molecule has 1 saturated heterocycles. The summed E-state index contributed by atoms with van der Waals surface area (Å²) < 4.78 is 18.3. The summed E-state index contributed by atoms with van der Waals surface area (Å²) in [5.74, 6) is 3.48. The number of nitrogens with zero attached hydrogens (tertiary/aromatic N) is 4.